The molecule has 0 bridgehead atoms. The molecule has 0 heterocycles. The summed E-state index contributed by atoms with van der Waals surface area (Å²) in [6.45, 7) is 2.38. The van der Waals surface area contributed by atoms with Crippen LogP contribution < -0.4 is 10.1 Å². The highest BCUT2D eigenvalue weighted by Gasteiger charge is 2.31. The monoisotopic (exact) mass is 309 g/mol. The van der Waals surface area contributed by atoms with E-state index in [1.807, 2.05) is 13.2 Å². The lowest BCUT2D eigenvalue weighted by atomic mass is 10.2. The second-order valence-corrected chi connectivity index (χ2v) is 5.40. The highest BCUT2D eigenvalue weighted by atomic mass is 32.2. The summed E-state index contributed by atoms with van der Waals surface area (Å²) in [5, 5.41) is 12.4. The maximum atomic E-state index is 12.1. The molecule has 0 aliphatic carbocycles. The van der Waals surface area contributed by atoms with Gasteiger partial charge < -0.3 is 15.2 Å². The van der Waals surface area contributed by atoms with Crippen LogP contribution >= 0.6 is 11.8 Å². The third-order valence-corrected chi connectivity index (χ3v) is 3.96. The van der Waals surface area contributed by atoms with Gasteiger partial charge in [-0.2, -0.15) is 11.8 Å². The topological polar surface area (TPSA) is 41.5 Å². The van der Waals surface area contributed by atoms with Crippen LogP contribution in [-0.4, -0.2) is 35.6 Å². The molecule has 0 amide bonds. The fourth-order valence-electron chi connectivity index (χ4n) is 1.70. The molecule has 7 heteroatoms. The summed E-state index contributed by atoms with van der Waals surface area (Å²) >= 11 is 1.54. The minimum atomic E-state index is -4.68. The molecule has 0 aliphatic rings. The molecule has 2 N–H and O–H groups in total. The zero-order valence-corrected chi connectivity index (χ0v) is 12.1. The number of nitrogens with one attached hydrogen (secondary N) is 1. The first kappa shape index (κ1) is 17.1. The van der Waals surface area contributed by atoms with Crippen LogP contribution in [0.3, 0.4) is 0 Å². The molecule has 1 aromatic rings. The van der Waals surface area contributed by atoms with E-state index in [9.17, 15) is 13.2 Å². The van der Waals surface area contributed by atoms with Crippen molar-refractivity contribution in [1.29, 1.82) is 0 Å². The lowest BCUT2D eigenvalue weighted by Crippen LogP contribution is -2.37. The number of alkyl halides is 3. The molecule has 2 atom stereocenters. The lowest BCUT2D eigenvalue weighted by molar-refractivity contribution is -0.274. The zero-order valence-electron chi connectivity index (χ0n) is 11.3. The minimum Gasteiger partial charge on any atom is -0.406 e. The van der Waals surface area contributed by atoms with Crippen molar-refractivity contribution in [2.75, 3.05) is 12.9 Å². The highest BCUT2D eigenvalue weighted by molar-refractivity contribution is 7.99. The van der Waals surface area contributed by atoms with Gasteiger partial charge in [-0.05, 0) is 30.9 Å². The van der Waals surface area contributed by atoms with Crippen LogP contribution in [0.2, 0.25) is 0 Å². The molecule has 20 heavy (non-hydrogen) atoms. The van der Waals surface area contributed by atoms with Crippen LogP contribution in [0.15, 0.2) is 24.3 Å². The van der Waals surface area contributed by atoms with Gasteiger partial charge in [0.1, 0.15) is 5.75 Å². The normalized spacial score (nSPS) is 14.9. The second-order valence-electron chi connectivity index (χ2n) is 4.32. The molecule has 1 rings (SSSR count). The Labute approximate surface area is 120 Å². The molecule has 3 nitrogen and oxygen atoms in total. The van der Waals surface area contributed by atoms with Crippen molar-refractivity contribution < 1.29 is 23.0 Å². The highest BCUT2D eigenvalue weighted by Crippen LogP contribution is 2.23. The summed E-state index contributed by atoms with van der Waals surface area (Å²) in [6.07, 6.45) is -2.78. The number of ether oxygens (including phenoxy) is 1. The van der Waals surface area contributed by atoms with E-state index in [2.05, 4.69) is 10.1 Å². The predicted molar refractivity (Wildman–Crippen MR) is 73.8 cm³/mol. The Morgan fingerprint density at radius 1 is 1.40 bits per heavy atom. The largest absolute Gasteiger partial charge is 0.573 e. The molecule has 1 aromatic carbocycles. The van der Waals surface area contributed by atoms with Gasteiger partial charge in [-0.15, -0.1) is 13.2 Å². The van der Waals surface area contributed by atoms with Crippen molar-refractivity contribution in [2.45, 2.75) is 31.1 Å². The molecule has 0 saturated carbocycles. The summed E-state index contributed by atoms with van der Waals surface area (Å²) < 4.78 is 40.2. The molecule has 0 aliphatic heterocycles. The Morgan fingerprint density at radius 3 is 2.65 bits per heavy atom. The number of halogens is 3. The summed E-state index contributed by atoms with van der Waals surface area (Å²) in [7, 11) is 0. The number of hydrogen-bond acceptors (Lipinski definition) is 4. The van der Waals surface area contributed by atoms with E-state index < -0.39 is 6.36 Å². The van der Waals surface area contributed by atoms with E-state index in [1.165, 1.54) is 30.0 Å². The van der Waals surface area contributed by atoms with Crippen molar-refractivity contribution >= 4 is 11.8 Å². The van der Waals surface area contributed by atoms with E-state index in [1.54, 1.807) is 6.07 Å². The minimum absolute atomic E-state index is 0.0437. The van der Waals surface area contributed by atoms with Gasteiger partial charge in [0.25, 0.3) is 0 Å². The molecule has 0 radical (unpaired) electrons. The third-order valence-electron chi connectivity index (χ3n) is 2.80. The van der Waals surface area contributed by atoms with Gasteiger partial charge in [0, 0.05) is 17.8 Å². The summed E-state index contributed by atoms with van der Waals surface area (Å²) in [4.78, 5) is 0. The first-order valence-electron chi connectivity index (χ1n) is 6.07. The van der Waals surface area contributed by atoms with E-state index in [0.717, 1.165) is 0 Å². The first-order valence-corrected chi connectivity index (χ1v) is 7.36. The summed E-state index contributed by atoms with van der Waals surface area (Å²) in [5.74, 6) is -0.229. The van der Waals surface area contributed by atoms with Crippen molar-refractivity contribution in [3.05, 3.63) is 29.8 Å². The zero-order chi connectivity index (χ0) is 15.2. The number of benzene rings is 1. The van der Waals surface area contributed by atoms with Crippen molar-refractivity contribution in [3.8, 4) is 5.75 Å². The van der Waals surface area contributed by atoms with Crippen molar-refractivity contribution in [2.24, 2.45) is 0 Å². The van der Waals surface area contributed by atoms with Crippen LogP contribution in [0.1, 0.15) is 12.5 Å². The molecule has 0 fully saturated rings. The fraction of sp³-hybridized carbons (Fsp3) is 0.538. The Hall–Kier alpha value is -0.920. The maximum absolute atomic E-state index is 12.1. The number of rotatable bonds is 7. The molecule has 0 aromatic heterocycles. The van der Waals surface area contributed by atoms with Crippen LogP contribution in [0.5, 0.6) is 5.75 Å². The van der Waals surface area contributed by atoms with Gasteiger partial charge >= 0.3 is 6.36 Å². The van der Waals surface area contributed by atoms with Gasteiger partial charge in [0.2, 0.25) is 0 Å². The third kappa shape index (κ3) is 6.02. The Morgan fingerprint density at radius 2 is 2.10 bits per heavy atom. The van der Waals surface area contributed by atoms with Gasteiger partial charge in [-0.1, -0.05) is 12.1 Å². The SMILES string of the molecule is CSC(CO)C(C)NCc1cccc(OC(F)(F)F)c1. The summed E-state index contributed by atoms with van der Waals surface area (Å²) in [6, 6.07) is 5.89. The molecule has 0 spiro atoms. The lowest BCUT2D eigenvalue weighted by Gasteiger charge is -2.21. The molecule has 0 saturated heterocycles. The van der Waals surface area contributed by atoms with E-state index in [-0.39, 0.29) is 23.6 Å². The number of aliphatic hydroxyl groups excluding tert-OH is 1. The Bertz CT molecular complexity index is 411. The van der Waals surface area contributed by atoms with Crippen LogP contribution in [-0.2, 0) is 6.54 Å². The fourth-order valence-corrected chi connectivity index (χ4v) is 2.35. The number of hydrogen-bond donors (Lipinski definition) is 2. The maximum Gasteiger partial charge on any atom is 0.573 e. The molecule has 114 valence electrons. The second kappa shape index (κ2) is 7.75. The van der Waals surface area contributed by atoms with Crippen molar-refractivity contribution in [1.82, 2.24) is 5.32 Å². The quantitative estimate of drug-likeness (QED) is 0.813. The Balaban J connectivity index is 2.58. The Kier molecular flexibility index (Phi) is 6.64. The van der Waals surface area contributed by atoms with Crippen LogP contribution in [0.25, 0.3) is 0 Å². The van der Waals surface area contributed by atoms with Crippen molar-refractivity contribution in [3.63, 3.8) is 0 Å². The van der Waals surface area contributed by atoms with Gasteiger partial charge in [0.15, 0.2) is 0 Å². The summed E-state index contributed by atoms with van der Waals surface area (Å²) in [5.41, 5.74) is 0.691. The molecular weight excluding hydrogens is 291 g/mol. The van der Waals surface area contributed by atoms with Crippen LogP contribution in [0, 0.1) is 0 Å². The van der Waals surface area contributed by atoms with E-state index >= 15 is 0 Å². The molecular formula is C13H18F3NO2S. The molecule has 2 unspecified atom stereocenters. The van der Waals surface area contributed by atoms with E-state index in [0.29, 0.717) is 12.1 Å². The van der Waals surface area contributed by atoms with Gasteiger partial charge in [0.05, 0.1) is 6.61 Å². The average molecular weight is 309 g/mol. The van der Waals surface area contributed by atoms with E-state index in [4.69, 9.17) is 5.11 Å². The van der Waals surface area contributed by atoms with Crippen LogP contribution in [0.4, 0.5) is 13.2 Å². The smallest absolute Gasteiger partial charge is 0.406 e. The first-order chi connectivity index (χ1) is 9.35. The van der Waals surface area contributed by atoms with Gasteiger partial charge in [-0.3, -0.25) is 0 Å². The standard InChI is InChI=1S/C13H18F3NO2S/c1-9(12(8-18)20-2)17-7-10-4-3-5-11(6-10)19-13(14,15)16/h3-6,9,12,17-18H,7-8H2,1-2H3. The van der Waals surface area contributed by atoms with Gasteiger partial charge in [-0.25, -0.2) is 0 Å². The number of thioether (sulfide) groups is 1. The predicted octanol–water partition coefficient (Wildman–Crippen LogP) is 2.79. The number of aliphatic hydroxyl groups is 1. The average Bonchev–Trinajstić information content (AvgIpc) is 2.36.